The number of nitrogens with zero attached hydrogens (tertiary/aromatic N) is 1. The predicted octanol–water partition coefficient (Wildman–Crippen LogP) is 2.93. The summed E-state index contributed by atoms with van der Waals surface area (Å²) in [5.74, 6) is 1.86. The van der Waals surface area contributed by atoms with E-state index >= 15 is 0 Å². The van der Waals surface area contributed by atoms with Gasteiger partial charge in [-0.2, -0.15) is 0 Å². The highest BCUT2D eigenvalue weighted by Crippen LogP contribution is 2.42. The highest BCUT2D eigenvalue weighted by Gasteiger charge is 2.41. The maximum Gasteiger partial charge on any atom is 0.225 e. The normalized spacial score (nSPS) is 28.0. The molecule has 0 heterocycles. The molecule has 25 heavy (non-hydrogen) atoms. The topological polar surface area (TPSA) is 75.8 Å². The van der Waals surface area contributed by atoms with Gasteiger partial charge in [0.2, 0.25) is 5.91 Å². The first-order valence-corrected chi connectivity index (χ1v) is 8.86. The Bertz CT molecular complexity index is 596. The van der Waals surface area contributed by atoms with Crippen molar-refractivity contribution in [2.75, 3.05) is 14.2 Å². The largest absolute Gasteiger partial charge is 0.504 e. The van der Waals surface area contributed by atoms with Gasteiger partial charge >= 0.3 is 0 Å². The van der Waals surface area contributed by atoms with Crippen molar-refractivity contribution in [2.45, 2.75) is 44.7 Å². The fourth-order valence-electron chi connectivity index (χ4n) is 4.49. The first kappa shape index (κ1) is 19.9. The Morgan fingerprint density at radius 1 is 1.32 bits per heavy atom. The standard InChI is InChI=1S/C19H28N2O3.ClH/c1-21(11-12-6-7-17(24-2)16(22)8-12)19(23)15-9-13-4-3-5-14(10-15)18(13)20;/h6-8,13-15,18,22H,3-5,9-11,20H2,1-2H3;1H. The van der Waals surface area contributed by atoms with E-state index in [1.807, 2.05) is 13.1 Å². The minimum atomic E-state index is 0. The van der Waals surface area contributed by atoms with Crippen LogP contribution in [0.3, 0.4) is 0 Å². The van der Waals surface area contributed by atoms with E-state index in [4.69, 9.17) is 10.5 Å². The molecule has 5 nitrogen and oxygen atoms in total. The van der Waals surface area contributed by atoms with Crippen molar-refractivity contribution in [3.05, 3.63) is 23.8 Å². The summed E-state index contributed by atoms with van der Waals surface area (Å²) >= 11 is 0. The van der Waals surface area contributed by atoms with Crippen LogP contribution in [0.2, 0.25) is 0 Å². The van der Waals surface area contributed by atoms with Crippen LogP contribution in [0.5, 0.6) is 11.5 Å². The van der Waals surface area contributed by atoms with Gasteiger partial charge in [-0.15, -0.1) is 12.4 Å². The third-order valence-electron chi connectivity index (χ3n) is 5.80. The summed E-state index contributed by atoms with van der Waals surface area (Å²) in [6.45, 7) is 0.494. The molecule has 1 aromatic carbocycles. The lowest BCUT2D eigenvalue weighted by molar-refractivity contribution is -0.137. The lowest BCUT2D eigenvalue weighted by Crippen LogP contribution is -2.49. The molecule has 2 bridgehead atoms. The highest BCUT2D eigenvalue weighted by molar-refractivity contribution is 5.85. The molecule has 0 radical (unpaired) electrons. The van der Waals surface area contributed by atoms with Gasteiger partial charge in [-0.05, 0) is 55.2 Å². The Balaban J connectivity index is 0.00000225. The summed E-state index contributed by atoms with van der Waals surface area (Å²) in [7, 11) is 3.36. The van der Waals surface area contributed by atoms with Gasteiger partial charge in [0.25, 0.3) is 0 Å². The lowest BCUT2D eigenvalue weighted by atomic mass is 9.65. The van der Waals surface area contributed by atoms with Crippen molar-refractivity contribution < 1.29 is 14.6 Å². The number of phenols is 1. The van der Waals surface area contributed by atoms with Gasteiger partial charge in [-0.3, -0.25) is 4.79 Å². The van der Waals surface area contributed by atoms with E-state index in [0.717, 1.165) is 31.2 Å². The number of rotatable bonds is 4. The Hall–Kier alpha value is -1.46. The fourth-order valence-corrected chi connectivity index (χ4v) is 4.49. The zero-order valence-corrected chi connectivity index (χ0v) is 15.8. The Kier molecular flexibility index (Phi) is 6.58. The van der Waals surface area contributed by atoms with Gasteiger partial charge in [0.15, 0.2) is 11.5 Å². The van der Waals surface area contributed by atoms with Gasteiger partial charge in [0, 0.05) is 25.6 Å². The molecular formula is C19H29ClN2O3. The van der Waals surface area contributed by atoms with Crippen LogP contribution in [0.4, 0.5) is 0 Å². The van der Waals surface area contributed by atoms with Crippen LogP contribution in [-0.4, -0.2) is 36.1 Å². The molecule has 0 spiro atoms. The third kappa shape index (κ3) is 4.21. The molecule has 2 aliphatic rings. The zero-order valence-electron chi connectivity index (χ0n) is 15.0. The number of halogens is 1. The molecule has 3 rings (SSSR count). The number of carbonyl (C=O) groups is 1. The Labute approximate surface area is 155 Å². The zero-order chi connectivity index (χ0) is 17.3. The second kappa shape index (κ2) is 8.28. The number of fused-ring (bicyclic) bond motifs is 2. The molecule has 2 atom stereocenters. The molecule has 6 heteroatoms. The second-order valence-electron chi connectivity index (χ2n) is 7.40. The summed E-state index contributed by atoms with van der Waals surface area (Å²) in [5, 5.41) is 9.89. The first-order valence-electron chi connectivity index (χ1n) is 8.86. The number of hydrogen-bond acceptors (Lipinski definition) is 4. The van der Waals surface area contributed by atoms with Crippen LogP contribution in [0.15, 0.2) is 18.2 Å². The van der Waals surface area contributed by atoms with E-state index in [1.165, 1.54) is 13.5 Å². The molecule has 2 aliphatic carbocycles. The number of hydrogen-bond donors (Lipinski definition) is 2. The van der Waals surface area contributed by atoms with Crippen LogP contribution >= 0.6 is 12.4 Å². The summed E-state index contributed by atoms with van der Waals surface area (Å²) in [6, 6.07) is 5.56. The van der Waals surface area contributed by atoms with E-state index in [-0.39, 0.29) is 36.0 Å². The number of aromatic hydroxyl groups is 1. The van der Waals surface area contributed by atoms with Gasteiger partial charge < -0.3 is 20.5 Å². The number of phenolic OH excluding ortho intramolecular Hbond substituents is 1. The van der Waals surface area contributed by atoms with E-state index in [0.29, 0.717) is 24.1 Å². The van der Waals surface area contributed by atoms with Crippen LogP contribution in [-0.2, 0) is 11.3 Å². The van der Waals surface area contributed by atoms with Crippen molar-refractivity contribution in [1.29, 1.82) is 0 Å². The monoisotopic (exact) mass is 368 g/mol. The maximum atomic E-state index is 12.8. The molecule has 2 fully saturated rings. The number of amides is 1. The van der Waals surface area contributed by atoms with Crippen LogP contribution < -0.4 is 10.5 Å². The van der Waals surface area contributed by atoms with Gasteiger partial charge in [-0.25, -0.2) is 0 Å². The Morgan fingerprint density at radius 3 is 2.52 bits per heavy atom. The fraction of sp³-hybridized carbons (Fsp3) is 0.632. The van der Waals surface area contributed by atoms with Crippen molar-refractivity contribution in [3.63, 3.8) is 0 Å². The first-order chi connectivity index (χ1) is 11.5. The molecule has 140 valence electrons. The maximum absolute atomic E-state index is 12.8. The van der Waals surface area contributed by atoms with Crippen molar-refractivity contribution >= 4 is 18.3 Å². The summed E-state index contributed by atoms with van der Waals surface area (Å²) in [4.78, 5) is 14.6. The minimum absolute atomic E-state index is 0. The number of benzene rings is 1. The number of nitrogens with two attached hydrogens (primary N) is 1. The Morgan fingerprint density at radius 2 is 1.96 bits per heavy atom. The lowest BCUT2D eigenvalue weighted by Gasteiger charge is -2.44. The van der Waals surface area contributed by atoms with Crippen LogP contribution in [0.25, 0.3) is 0 Å². The molecule has 0 aliphatic heterocycles. The molecule has 0 saturated heterocycles. The average Bonchev–Trinajstić information content (AvgIpc) is 2.54. The molecule has 2 saturated carbocycles. The van der Waals surface area contributed by atoms with Crippen molar-refractivity contribution in [3.8, 4) is 11.5 Å². The molecule has 2 unspecified atom stereocenters. The summed E-state index contributed by atoms with van der Waals surface area (Å²) < 4.78 is 5.06. The minimum Gasteiger partial charge on any atom is -0.504 e. The van der Waals surface area contributed by atoms with E-state index in [2.05, 4.69) is 0 Å². The van der Waals surface area contributed by atoms with Gasteiger partial charge in [0.05, 0.1) is 7.11 Å². The highest BCUT2D eigenvalue weighted by atomic mass is 35.5. The summed E-state index contributed by atoms with van der Waals surface area (Å²) in [5.41, 5.74) is 7.23. The van der Waals surface area contributed by atoms with Crippen LogP contribution in [0, 0.1) is 17.8 Å². The number of ether oxygens (including phenoxy) is 1. The van der Waals surface area contributed by atoms with Crippen molar-refractivity contribution in [2.24, 2.45) is 23.5 Å². The summed E-state index contributed by atoms with van der Waals surface area (Å²) in [6.07, 6.45) is 5.43. The molecule has 1 aromatic rings. The third-order valence-corrected chi connectivity index (χ3v) is 5.80. The second-order valence-corrected chi connectivity index (χ2v) is 7.40. The van der Waals surface area contributed by atoms with Crippen LogP contribution in [0.1, 0.15) is 37.7 Å². The van der Waals surface area contributed by atoms with E-state index in [9.17, 15) is 9.90 Å². The van der Waals surface area contributed by atoms with E-state index in [1.54, 1.807) is 17.0 Å². The predicted molar refractivity (Wildman–Crippen MR) is 99.9 cm³/mol. The van der Waals surface area contributed by atoms with Gasteiger partial charge in [-0.1, -0.05) is 12.5 Å². The van der Waals surface area contributed by atoms with Crippen molar-refractivity contribution in [1.82, 2.24) is 4.90 Å². The molecular weight excluding hydrogens is 340 g/mol. The molecule has 1 amide bonds. The number of methoxy groups -OCH3 is 1. The van der Waals surface area contributed by atoms with E-state index < -0.39 is 0 Å². The molecule has 3 N–H and O–H groups in total. The van der Waals surface area contributed by atoms with Gasteiger partial charge in [0.1, 0.15) is 0 Å². The quantitative estimate of drug-likeness (QED) is 0.856. The number of carbonyl (C=O) groups excluding carboxylic acids is 1. The smallest absolute Gasteiger partial charge is 0.225 e. The average molecular weight is 369 g/mol. The molecule has 0 aromatic heterocycles. The SMILES string of the molecule is COc1ccc(CN(C)C(=O)C2CC3CCCC(C2)C3N)cc1O.Cl.